The molecule has 0 saturated carbocycles. The molecule has 4 rings (SSSR count). The summed E-state index contributed by atoms with van der Waals surface area (Å²) in [5.74, 6) is 0.706. The number of nitrogens with one attached hydrogen (secondary N) is 4. The second-order valence-corrected chi connectivity index (χ2v) is 8.18. The van der Waals surface area contributed by atoms with Gasteiger partial charge in [0.25, 0.3) is 11.8 Å². The number of aromatic nitrogens is 4. The minimum Gasteiger partial charge on any atom is -0.351 e. The fraction of sp³-hybridized carbons (Fsp3) is 0.217. The van der Waals surface area contributed by atoms with E-state index < -0.39 is 0 Å². The Kier molecular flexibility index (Phi) is 7.09. The summed E-state index contributed by atoms with van der Waals surface area (Å²) in [4.78, 5) is 32.9. The Bertz CT molecular complexity index is 1250. The highest BCUT2D eigenvalue weighted by atomic mass is 35.5. The Labute approximate surface area is 196 Å². The molecule has 0 saturated heterocycles. The van der Waals surface area contributed by atoms with Crippen molar-refractivity contribution in [3.05, 3.63) is 70.6 Å². The number of halogens is 1. The van der Waals surface area contributed by atoms with Gasteiger partial charge in [0.2, 0.25) is 0 Å². The Balaban J connectivity index is 1.21. The van der Waals surface area contributed by atoms with Crippen LogP contribution in [-0.2, 0) is 6.42 Å². The molecule has 2 amide bonds. The molecule has 2 aromatic carbocycles. The normalized spacial score (nSPS) is 10.9. The van der Waals surface area contributed by atoms with Gasteiger partial charge in [0.15, 0.2) is 0 Å². The lowest BCUT2D eigenvalue weighted by Crippen LogP contribution is -2.30. The monoisotopic (exact) mass is 462 g/mol. The molecule has 4 N–H and O–H groups in total. The van der Waals surface area contributed by atoms with E-state index in [1.165, 1.54) is 0 Å². The maximum absolute atomic E-state index is 12.5. The van der Waals surface area contributed by atoms with Crippen LogP contribution in [0, 0.1) is 0 Å². The van der Waals surface area contributed by atoms with E-state index in [0.717, 1.165) is 42.5 Å². The van der Waals surface area contributed by atoms with E-state index in [-0.39, 0.29) is 17.5 Å². The lowest BCUT2D eigenvalue weighted by molar-refractivity contribution is 0.0948. The molecule has 168 valence electrons. The van der Waals surface area contributed by atoms with Gasteiger partial charge >= 0.3 is 0 Å². The van der Waals surface area contributed by atoms with Gasteiger partial charge in [-0.2, -0.15) is 5.10 Å². The van der Waals surface area contributed by atoms with Crippen LogP contribution in [0.1, 0.15) is 45.9 Å². The van der Waals surface area contributed by atoms with Crippen molar-refractivity contribution in [3.8, 4) is 0 Å². The van der Waals surface area contributed by atoms with Gasteiger partial charge in [0.05, 0.1) is 21.6 Å². The summed E-state index contributed by atoms with van der Waals surface area (Å²) in [6.07, 6.45) is 3.67. The number of amides is 2. The van der Waals surface area contributed by atoms with Crippen molar-refractivity contribution in [2.75, 3.05) is 11.9 Å². The minimum atomic E-state index is -0.372. The Hall–Kier alpha value is -3.59. The molecule has 8 nitrogen and oxygen atoms in total. The van der Waals surface area contributed by atoms with Crippen LogP contribution in [0.4, 0.5) is 5.82 Å². The Morgan fingerprint density at radius 3 is 2.61 bits per heavy atom. The van der Waals surface area contributed by atoms with E-state index in [0.29, 0.717) is 28.4 Å². The molecule has 2 aromatic heterocycles. The molecule has 10 heteroatoms. The highest BCUT2D eigenvalue weighted by molar-refractivity contribution is 6.40. The first-order chi connectivity index (χ1) is 16.0. The second-order valence-electron chi connectivity index (χ2n) is 7.77. The van der Waals surface area contributed by atoms with E-state index in [1.807, 2.05) is 24.3 Å². The lowest BCUT2D eigenvalue weighted by Gasteiger charge is -2.06. The van der Waals surface area contributed by atoms with Crippen molar-refractivity contribution in [3.63, 3.8) is 0 Å². The molecule has 0 spiro atoms. The van der Waals surface area contributed by atoms with E-state index in [2.05, 4.69) is 30.8 Å². The molecular formula is C23H24BClN6O2. The number of aromatic amines is 2. The average molecular weight is 463 g/mol. The van der Waals surface area contributed by atoms with Gasteiger partial charge in [-0.25, -0.2) is 4.98 Å². The van der Waals surface area contributed by atoms with Gasteiger partial charge in [-0.1, -0.05) is 42.3 Å². The van der Waals surface area contributed by atoms with Crippen molar-refractivity contribution in [2.24, 2.45) is 0 Å². The molecule has 0 aliphatic rings. The number of carbonyl (C=O) groups is 2. The highest BCUT2D eigenvalue weighted by Crippen LogP contribution is 2.16. The number of benzene rings is 2. The predicted octanol–water partition coefficient (Wildman–Crippen LogP) is 2.59. The van der Waals surface area contributed by atoms with Crippen LogP contribution in [-0.4, -0.2) is 46.4 Å². The lowest BCUT2D eigenvalue weighted by atomic mass is 9.95. The first-order valence-corrected chi connectivity index (χ1v) is 11.2. The highest BCUT2D eigenvalue weighted by Gasteiger charge is 2.18. The van der Waals surface area contributed by atoms with Gasteiger partial charge in [0.1, 0.15) is 25.2 Å². The number of imidazole rings is 1. The average Bonchev–Trinajstić information content (AvgIpc) is 3.39. The number of unbranched alkanes of at least 4 members (excludes halogenated alkanes) is 2. The van der Waals surface area contributed by atoms with Crippen LogP contribution >= 0.6 is 11.6 Å². The summed E-state index contributed by atoms with van der Waals surface area (Å²) in [6.45, 7) is 0.548. The maximum Gasteiger partial charge on any atom is 0.271 e. The number of fused-ring (bicyclic) bond motifs is 1. The number of para-hydroxylation sites is 2. The number of anilines is 1. The molecule has 0 aliphatic carbocycles. The molecule has 0 unspecified atom stereocenters. The molecule has 0 fully saturated rings. The quantitative estimate of drug-likeness (QED) is 0.226. The zero-order valence-corrected chi connectivity index (χ0v) is 19.0. The van der Waals surface area contributed by atoms with E-state index in [1.54, 1.807) is 32.1 Å². The fourth-order valence-electron chi connectivity index (χ4n) is 3.57. The number of nitrogens with zero attached hydrogens (tertiary/aromatic N) is 2. The fourth-order valence-corrected chi connectivity index (χ4v) is 3.79. The zero-order valence-electron chi connectivity index (χ0n) is 18.2. The maximum atomic E-state index is 12.5. The molecule has 33 heavy (non-hydrogen) atoms. The Morgan fingerprint density at radius 1 is 1.00 bits per heavy atom. The van der Waals surface area contributed by atoms with Crippen molar-refractivity contribution >= 4 is 53.6 Å². The van der Waals surface area contributed by atoms with Gasteiger partial charge in [-0.05, 0) is 42.6 Å². The molecule has 0 bridgehead atoms. The predicted molar refractivity (Wildman–Crippen MR) is 132 cm³/mol. The van der Waals surface area contributed by atoms with E-state index in [4.69, 9.17) is 11.6 Å². The van der Waals surface area contributed by atoms with Crippen molar-refractivity contribution < 1.29 is 9.59 Å². The summed E-state index contributed by atoms with van der Waals surface area (Å²) in [6, 6.07) is 14.7. The zero-order chi connectivity index (χ0) is 23.2. The smallest absolute Gasteiger partial charge is 0.271 e. The topological polar surface area (TPSA) is 116 Å². The van der Waals surface area contributed by atoms with Crippen molar-refractivity contribution in [1.82, 2.24) is 25.5 Å². The van der Waals surface area contributed by atoms with Crippen LogP contribution in [0.2, 0.25) is 5.02 Å². The number of hydrogen-bond acceptors (Lipinski definition) is 4. The first kappa shape index (κ1) is 22.6. The van der Waals surface area contributed by atoms with E-state index >= 15 is 0 Å². The largest absolute Gasteiger partial charge is 0.351 e. The van der Waals surface area contributed by atoms with Gasteiger partial charge in [-0.3, -0.25) is 14.7 Å². The summed E-state index contributed by atoms with van der Waals surface area (Å²) in [5.41, 5.74) is 3.21. The van der Waals surface area contributed by atoms with Crippen LogP contribution < -0.4 is 16.1 Å². The molecule has 0 atom stereocenters. The minimum absolute atomic E-state index is 0.256. The Morgan fingerprint density at radius 2 is 1.79 bits per heavy atom. The number of hydrogen-bond donors (Lipinski definition) is 4. The number of aryl methyl sites for hydroxylation is 1. The number of rotatable bonds is 9. The standard InChI is InChI=1S/C23H24BClN6O2/c24-19-20(30-31-21(19)29-22(32)14-8-3-4-9-15(14)25)23(33)26-13-7-1-2-12-18-27-16-10-5-6-11-17(16)28-18/h3-6,8-11H,1-2,7,12-13,24H2,(H,26,33)(H,27,28)(H2,29,30,31,32). The third-order valence-electron chi connectivity index (χ3n) is 5.40. The molecule has 0 aliphatic heterocycles. The molecule has 2 heterocycles. The summed E-state index contributed by atoms with van der Waals surface area (Å²) in [5, 5.41) is 12.7. The van der Waals surface area contributed by atoms with E-state index in [9.17, 15) is 9.59 Å². The number of carbonyl (C=O) groups excluding carboxylic acids is 2. The third-order valence-corrected chi connectivity index (χ3v) is 5.73. The molecule has 0 radical (unpaired) electrons. The third kappa shape index (κ3) is 5.43. The van der Waals surface area contributed by atoms with Crippen molar-refractivity contribution in [1.29, 1.82) is 0 Å². The van der Waals surface area contributed by atoms with Crippen LogP contribution in [0.5, 0.6) is 0 Å². The second kappa shape index (κ2) is 10.4. The van der Waals surface area contributed by atoms with Crippen LogP contribution in [0.15, 0.2) is 48.5 Å². The van der Waals surface area contributed by atoms with Crippen LogP contribution in [0.3, 0.4) is 0 Å². The van der Waals surface area contributed by atoms with Gasteiger partial charge in [-0.15, -0.1) is 0 Å². The van der Waals surface area contributed by atoms with Crippen molar-refractivity contribution in [2.45, 2.75) is 25.7 Å². The summed E-state index contributed by atoms with van der Waals surface area (Å²) in [7, 11) is 1.73. The van der Waals surface area contributed by atoms with Gasteiger partial charge in [0, 0.05) is 13.0 Å². The molecular weight excluding hydrogens is 439 g/mol. The van der Waals surface area contributed by atoms with Crippen LogP contribution in [0.25, 0.3) is 11.0 Å². The van der Waals surface area contributed by atoms with Gasteiger partial charge < -0.3 is 15.6 Å². The SMILES string of the molecule is Bc1c(C(=O)NCCCCCc2nc3ccccc3[nH]2)n[nH]c1NC(=O)c1ccccc1Cl. The number of H-pyrrole nitrogens is 2. The molecule has 4 aromatic rings. The summed E-state index contributed by atoms with van der Waals surface area (Å²) < 4.78 is 0. The first-order valence-electron chi connectivity index (χ1n) is 10.9. The summed E-state index contributed by atoms with van der Waals surface area (Å²) >= 11 is 6.07.